The highest BCUT2D eigenvalue weighted by molar-refractivity contribution is 7.91. The van der Waals surface area contributed by atoms with Crippen LogP contribution in [0, 0.1) is 0 Å². The van der Waals surface area contributed by atoms with Crippen LogP contribution in [-0.4, -0.2) is 42.8 Å². The second kappa shape index (κ2) is 6.90. The number of rotatable bonds is 6. The predicted octanol–water partition coefficient (Wildman–Crippen LogP) is 1.05. The average molecular weight is 388 g/mol. The Kier molecular flexibility index (Phi) is 5.21. The third-order valence-electron chi connectivity index (χ3n) is 3.81. The first-order valence-electron chi connectivity index (χ1n) is 7.45. The maximum Gasteiger partial charge on any atom is 0.348 e. The molecule has 0 spiro atoms. The molecule has 0 fully saturated rings. The van der Waals surface area contributed by atoms with E-state index in [1.807, 2.05) is 0 Å². The van der Waals surface area contributed by atoms with Gasteiger partial charge in [-0.25, -0.2) is 26.8 Å². The molecule has 0 unspecified atom stereocenters. The van der Waals surface area contributed by atoms with E-state index >= 15 is 0 Å². The maximum absolute atomic E-state index is 13.5. The SMILES string of the molecule is C=C(c1cc2c(=O)n(NS(C)(=O)=O)c(=O)[nH]c2cc1C(F)F)N(C)CC. The molecule has 8 nitrogen and oxygen atoms in total. The van der Waals surface area contributed by atoms with Gasteiger partial charge in [0.15, 0.2) is 0 Å². The number of sulfonamides is 1. The summed E-state index contributed by atoms with van der Waals surface area (Å²) in [5.74, 6) is 0. The lowest BCUT2D eigenvalue weighted by Crippen LogP contribution is -2.43. The van der Waals surface area contributed by atoms with E-state index in [9.17, 15) is 26.8 Å². The standard InChI is InChI=1S/C15H18F2N4O4S/c1-5-20(3)8(2)9-6-11-12(7-10(9)13(16)17)18-15(23)21(14(11)22)19-26(4,24)25/h6-7,13,19H,2,5H2,1,3-4H3,(H,18,23). The monoisotopic (exact) mass is 388 g/mol. The van der Waals surface area contributed by atoms with Gasteiger partial charge in [0.25, 0.3) is 12.0 Å². The zero-order valence-corrected chi connectivity index (χ0v) is 15.2. The molecule has 1 heterocycles. The summed E-state index contributed by atoms with van der Waals surface area (Å²) >= 11 is 0. The number of alkyl halides is 2. The average Bonchev–Trinajstić information content (AvgIpc) is 2.55. The van der Waals surface area contributed by atoms with Crippen molar-refractivity contribution in [2.75, 3.05) is 24.7 Å². The molecule has 2 rings (SSSR count). The molecular formula is C15H18F2N4O4S. The summed E-state index contributed by atoms with van der Waals surface area (Å²) in [6.07, 6.45) is -2.09. The Balaban J connectivity index is 2.85. The highest BCUT2D eigenvalue weighted by atomic mass is 32.2. The van der Waals surface area contributed by atoms with Gasteiger partial charge in [0.2, 0.25) is 10.0 Å². The van der Waals surface area contributed by atoms with Gasteiger partial charge in [0.05, 0.1) is 17.2 Å². The Morgan fingerprint density at radius 1 is 1.38 bits per heavy atom. The molecule has 1 aromatic heterocycles. The first-order valence-corrected chi connectivity index (χ1v) is 9.34. The maximum atomic E-state index is 13.5. The molecule has 142 valence electrons. The zero-order chi connectivity index (χ0) is 19.8. The largest absolute Gasteiger partial charge is 0.375 e. The van der Waals surface area contributed by atoms with Crippen molar-refractivity contribution in [3.63, 3.8) is 0 Å². The lowest BCUT2D eigenvalue weighted by atomic mass is 10.0. The number of aromatic amines is 1. The van der Waals surface area contributed by atoms with E-state index in [-0.39, 0.29) is 26.8 Å². The van der Waals surface area contributed by atoms with Crippen LogP contribution in [0.25, 0.3) is 16.6 Å². The lowest BCUT2D eigenvalue weighted by Gasteiger charge is -2.22. The third-order valence-corrected chi connectivity index (χ3v) is 4.32. The van der Waals surface area contributed by atoms with Crippen LogP contribution in [0.3, 0.4) is 0 Å². The van der Waals surface area contributed by atoms with E-state index in [1.165, 1.54) is 6.07 Å². The number of halogens is 2. The van der Waals surface area contributed by atoms with Crippen molar-refractivity contribution in [1.29, 1.82) is 0 Å². The second-order valence-corrected chi connectivity index (χ2v) is 7.41. The Morgan fingerprint density at radius 3 is 2.50 bits per heavy atom. The van der Waals surface area contributed by atoms with Crippen molar-refractivity contribution in [2.24, 2.45) is 0 Å². The van der Waals surface area contributed by atoms with Crippen molar-refractivity contribution in [1.82, 2.24) is 14.6 Å². The van der Waals surface area contributed by atoms with E-state index in [2.05, 4.69) is 11.6 Å². The molecule has 2 N–H and O–H groups in total. The van der Waals surface area contributed by atoms with E-state index < -0.39 is 33.3 Å². The van der Waals surface area contributed by atoms with Crippen molar-refractivity contribution >= 4 is 26.6 Å². The highest BCUT2D eigenvalue weighted by Gasteiger charge is 2.20. The molecule has 0 radical (unpaired) electrons. The fraction of sp³-hybridized carbons (Fsp3) is 0.333. The minimum atomic E-state index is -3.91. The second-order valence-electron chi connectivity index (χ2n) is 5.68. The zero-order valence-electron chi connectivity index (χ0n) is 14.3. The molecule has 0 aliphatic rings. The van der Waals surface area contributed by atoms with Crippen LogP contribution in [0.1, 0.15) is 24.5 Å². The molecule has 11 heteroatoms. The Labute approximate surface area is 147 Å². The molecule has 0 saturated heterocycles. The summed E-state index contributed by atoms with van der Waals surface area (Å²) in [4.78, 5) is 30.1. The molecule has 0 bridgehead atoms. The van der Waals surface area contributed by atoms with Crippen LogP contribution in [0.4, 0.5) is 8.78 Å². The molecule has 1 aromatic carbocycles. The molecule has 2 aromatic rings. The lowest BCUT2D eigenvalue weighted by molar-refractivity contribution is 0.151. The summed E-state index contributed by atoms with van der Waals surface area (Å²) in [5, 5.41) is -0.134. The van der Waals surface area contributed by atoms with Gasteiger partial charge in [-0.3, -0.25) is 4.79 Å². The number of fused-ring (bicyclic) bond motifs is 1. The van der Waals surface area contributed by atoms with E-state index in [0.717, 1.165) is 12.3 Å². The molecule has 0 aliphatic carbocycles. The third kappa shape index (κ3) is 3.77. The van der Waals surface area contributed by atoms with Gasteiger partial charge >= 0.3 is 5.69 Å². The first kappa shape index (κ1) is 19.6. The number of hydrogen-bond donors (Lipinski definition) is 2. The van der Waals surface area contributed by atoms with Gasteiger partial charge in [0.1, 0.15) is 0 Å². The fourth-order valence-corrected chi connectivity index (χ4v) is 2.85. The number of nitrogens with zero attached hydrogens (tertiary/aromatic N) is 2. The van der Waals surface area contributed by atoms with Crippen molar-refractivity contribution in [2.45, 2.75) is 13.3 Å². The molecule has 0 aliphatic heterocycles. The van der Waals surface area contributed by atoms with Crippen LogP contribution in [0.5, 0.6) is 0 Å². The summed E-state index contributed by atoms with van der Waals surface area (Å²) < 4.78 is 49.9. The number of nitrogens with one attached hydrogen (secondary N) is 2. The number of hydrogen-bond acceptors (Lipinski definition) is 5. The van der Waals surface area contributed by atoms with E-state index in [1.54, 1.807) is 23.7 Å². The van der Waals surface area contributed by atoms with Crippen molar-refractivity contribution in [3.8, 4) is 0 Å². The molecular weight excluding hydrogens is 370 g/mol. The van der Waals surface area contributed by atoms with Crippen LogP contribution in [0.15, 0.2) is 28.3 Å². The minimum absolute atomic E-state index is 0.0342. The smallest absolute Gasteiger partial charge is 0.348 e. The van der Waals surface area contributed by atoms with Gasteiger partial charge in [-0.15, -0.1) is 0 Å². The quantitative estimate of drug-likeness (QED) is 0.770. The van der Waals surface area contributed by atoms with Crippen LogP contribution in [-0.2, 0) is 10.0 Å². The van der Waals surface area contributed by atoms with Crippen LogP contribution in [0.2, 0.25) is 0 Å². The van der Waals surface area contributed by atoms with Crippen molar-refractivity contribution in [3.05, 3.63) is 50.7 Å². The number of H-pyrrole nitrogens is 1. The Morgan fingerprint density at radius 2 is 2.00 bits per heavy atom. The number of benzene rings is 1. The molecule has 0 saturated carbocycles. The summed E-state index contributed by atoms with van der Waals surface area (Å²) in [7, 11) is -2.26. The molecule has 0 atom stereocenters. The highest BCUT2D eigenvalue weighted by Crippen LogP contribution is 2.31. The van der Waals surface area contributed by atoms with Gasteiger partial charge < -0.3 is 9.88 Å². The fourth-order valence-electron chi connectivity index (χ4n) is 2.36. The Hall–Kier alpha value is -2.69. The van der Waals surface area contributed by atoms with Gasteiger partial charge in [0, 0.05) is 30.4 Å². The topological polar surface area (TPSA) is 104 Å². The normalized spacial score (nSPS) is 11.8. The van der Waals surface area contributed by atoms with Crippen LogP contribution < -0.4 is 16.1 Å². The van der Waals surface area contributed by atoms with Gasteiger partial charge in [-0.05, 0) is 19.1 Å². The number of aromatic nitrogens is 2. The molecule has 26 heavy (non-hydrogen) atoms. The van der Waals surface area contributed by atoms with Crippen molar-refractivity contribution < 1.29 is 17.2 Å². The van der Waals surface area contributed by atoms with E-state index in [0.29, 0.717) is 6.54 Å². The first-order chi connectivity index (χ1) is 12.0. The van der Waals surface area contributed by atoms with Gasteiger partial charge in [-0.2, -0.15) is 4.68 Å². The van der Waals surface area contributed by atoms with E-state index in [4.69, 9.17) is 0 Å². The van der Waals surface area contributed by atoms with Gasteiger partial charge in [-0.1, -0.05) is 6.58 Å². The minimum Gasteiger partial charge on any atom is -0.375 e. The summed E-state index contributed by atoms with van der Waals surface area (Å²) in [6, 6.07) is 2.17. The summed E-state index contributed by atoms with van der Waals surface area (Å²) in [6.45, 7) is 6.07. The molecule has 0 amide bonds. The Bertz CT molecular complexity index is 1090. The predicted molar refractivity (Wildman–Crippen MR) is 95.3 cm³/mol. The van der Waals surface area contributed by atoms with Crippen LogP contribution >= 0.6 is 0 Å². The summed E-state index contributed by atoms with van der Waals surface area (Å²) in [5.41, 5.74) is -2.30.